The Morgan fingerprint density at radius 3 is 2.60 bits per heavy atom. The van der Waals surface area contributed by atoms with Gasteiger partial charge in [-0.3, -0.25) is 14.6 Å². The molecule has 2 aliphatic rings. The highest BCUT2D eigenvalue weighted by Crippen LogP contribution is 2.43. The van der Waals surface area contributed by atoms with Crippen molar-refractivity contribution in [3.63, 3.8) is 0 Å². The van der Waals surface area contributed by atoms with Gasteiger partial charge in [-0.15, -0.1) is 0 Å². The standard InChI is InChI=1S/C37H42ClN9O5/c1-24(25-8-6-9-27(18-25)41-33(48)10-7-13-44(2)3)47-35-26(23-46(37(47)49)30-19-29(50-4)20-31(51-5)34(30)38)21-40-36(43-35)42-32-12-11-28(22-39-32)45-14-16-52-17-15-45/h6-12,18-22,24H,13-17,23H2,1-5H3,(H,41,48)(H,39,40,42,43)/b10-7+. The van der Waals surface area contributed by atoms with Crippen LogP contribution in [-0.2, 0) is 16.1 Å². The SMILES string of the molecule is COc1cc(OC)c(Cl)c(N2Cc3cnc(Nc4ccc(N5CCOCC5)cn4)nc3N(C(C)c3cccc(NC(=O)/C=C/CN(C)C)c3)C2=O)c1. The largest absolute Gasteiger partial charge is 0.497 e. The lowest BCUT2D eigenvalue weighted by molar-refractivity contribution is -0.111. The molecule has 15 heteroatoms. The van der Waals surface area contributed by atoms with E-state index in [-0.39, 0.29) is 29.5 Å². The molecule has 3 amide bonds. The number of ether oxygens (including phenoxy) is 3. The summed E-state index contributed by atoms with van der Waals surface area (Å²) in [4.78, 5) is 48.7. The monoisotopic (exact) mass is 727 g/mol. The molecule has 0 bridgehead atoms. The number of hydrogen-bond acceptors (Lipinski definition) is 11. The zero-order valence-electron chi connectivity index (χ0n) is 29.8. The number of amides is 3. The molecule has 1 saturated heterocycles. The lowest BCUT2D eigenvalue weighted by Crippen LogP contribution is -2.49. The summed E-state index contributed by atoms with van der Waals surface area (Å²) in [5.74, 6) is 1.83. The third-order valence-corrected chi connectivity index (χ3v) is 9.08. The van der Waals surface area contributed by atoms with Gasteiger partial charge in [-0.25, -0.2) is 14.8 Å². The first-order chi connectivity index (χ1) is 25.1. The Bertz CT molecular complexity index is 1940. The molecule has 52 heavy (non-hydrogen) atoms. The Morgan fingerprint density at radius 1 is 1.08 bits per heavy atom. The van der Waals surface area contributed by atoms with E-state index in [4.69, 9.17) is 30.8 Å². The minimum atomic E-state index is -0.546. The first-order valence-electron chi connectivity index (χ1n) is 16.8. The second kappa shape index (κ2) is 16.3. The average Bonchev–Trinajstić information content (AvgIpc) is 3.15. The quantitative estimate of drug-likeness (QED) is 0.169. The number of likely N-dealkylation sites (N-methyl/N-ethyl adjacent to an activating group) is 1. The second-order valence-corrected chi connectivity index (χ2v) is 12.9. The number of rotatable bonds is 12. The lowest BCUT2D eigenvalue weighted by atomic mass is 10.0. The molecule has 6 rings (SSSR count). The smallest absolute Gasteiger partial charge is 0.331 e. The summed E-state index contributed by atoms with van der Waals surface area (Å²) in [7, 11) is 6.89. The van der Waals surface area contributed by atoms with Crippen LogP contribution in [0.5, 0.6) is 11.5 Å². The lowest BCUT2D eigenvalue weighted by Gasteiger charge is -2.39. The highest BCUT2D eigenvalue weighted by atomic mass is 35.5. The molecule has 1 fully saturated rings. The fourth-order valence-electron chi connectivity index (χ4n) is 5.96. The summed E-state index contributed by atoms with van der Waals surface area (Å²) >= 11 is 6.81. The van der Waals surface area contributed by atoms with Crippen LogP contribution in [-0.4, -0.2) is 93.0 Å². The number of benzene rings is 2. The number of carbonyl (C=O) groups is 2. The van der Waals surface area contributed by atoms with E-state index < -0.39 is 6.04 Å². The third-order valence-electron chi connectivity index (χ3n) is 8.70. The van der Waals surface area contributed by atoms with E-state index in [9.17, 15) is 9.59 Å². The highest BCUT2D eigenvalue weighted by Gasteiger charge is 2.38. The maximum absolute atomic E-state index is 14.7. The van der Waals surface area contributed by atoms with Crippen LogP contribution in [0.25, 0.3) is 0 Å². The molecule has 14 nitrogen and oxygen atoms in total. The Balaban J connectivity index is 1.34. The average molecular weight is 728 g/mol. The van der Waals surface area contributed by atoms with Crippen molar-refractivity contribution in [3.8, 4) is 11.5 Å². The molecular formula is C37H42ClN9O5. The fourth-order valence-corrected chi connectivity index (χ4v) is 6.25. The van der Waals surface area contributed by atoms with Crippen molar-refractivity contribution in [3.05, 3.63) is 89.2 Å². The van der Waals surface area contributed by atoms with E-state index >= 15 is 0 Å². The predicted octanol–water partition coefficient (Wildman–Crippen LogP) is 5.89. The molecule has 2 N–H and O–H groups in total. The van der Waals surface area contributed by atoms with Crippen molar-refractivity contribution in [1.82, 2.24) is 19.9 Å². The molecule has 0 spiro atoms. The Morgan fingerprint density at radius 2 is 1.88 bits per heavy atom. The van der Waals surface area contributed by atoms with Crippen molar-refractivity contribution in [2.75, 3.05) is 86.5 Å². The number of halogens is 1. The second-order valence-electron chi connectivity index (χ2n) is 12.5. The number of pyridine rings is 1. The molecule has 0 radical (unpaired) electrons. The maximum atomic E-state index is 14.7. The van der Waals surface area contributed by atoms with Crippen LogP contribution in [0, 0.1) is 0 Å². The Hall–Kier alpha value is -5.44. The Kier molecular flexibility index (Phi) is 11.4. The number of nitrogens with one attached hydrogen (secondary N) is 2. The summed E-state index contributed by atoms with van der Waals surface area (Å²) < 4.78 is 16.5. The number of aromatic nitrogens is 3. The van der Waals surface area contributed by atoms with Gasteiger partial charge in [0.1, 0.15) is 28.2 Å². The van der Waals surface area contributed by atoms with Crippen LogP contribution in [0.3, 0.4) is 0 Å². The van der Waals surface area contributed by atoms with Crippen molar-refractivity contribution in [2.45, 2.75) is 19.5 Å². The number of fused-ring (bicyclic) bond motifs is 1. The van der Waals surface area contributed by atoms with Gasteiger partial charge in [-0.1, -0.05) is 29.8 Å². The first kappa shape index (κ1) is 36.4. The van der Waals surface area contributed by atoms with Crippen LogP contribution < -0.4 is 34.8 Å². The van der Waals surface area contributed by atoms with Crippen molar-refractivity contribution in [1.29, 1.82) is 0 Å². The zero-order valence-corrected chi connectivity index (χ0v) is 30.6. The number of morpholine rings is 1. The molecule has 4 heterocycles. The van der Waals surface area contributed by atoms with Crippen molar-refractivity contribution in [2.24, 2.45) is 0 Å². The van der Waals surface area contributed by atoms with Gasteiger partial charge < -0.3 is 34.6 Å². The van der Waals surface area contributed by atoms with E-state index in [2.05, 4.69) is 25.5 Å². The Labute approximate surface area is 308 Å². The minimum absolute atomic E-state index is 0.135. The molecule has 2 aliphatic heterocycles. The number of hydrogen-bond donors (Lipinski definition) is 2. The van der Waals surface area contributed by atoms with E-state index in [0.29, 0.717) is 59.8 Å². The molecule has 1 atom stereocenters. The van der Waals surface area contributed by atoms with Crippen LogP contribution in [0.1, 0.15) is 24.1 Å². The highest BCUT2D eigenvalue weighted by molar-refractivity contribution is 6.35. The van der Waals surface area contributed by atoms with Crippen molar-refractivity contribution < 1.29 is 23.8 Å². The van der Waals surface area contributed by atoms with Gasteiger partial charge >= 0.3 is 6.03 Å². The van der Waals surface area contributed by atoms with E-state index in [0.717, 1.165) is 24.3 Å². The summed E-state index contributed by atoms with van der Waals surface area (Å²) in [6, 6.07) is 13.7. The molecule has 4 aromatic rings. The van der Waals surface area contributed by atoms with Gasteiger partial charge in [0.15, 0.2) is 0 Å². The van der Waals surface area contributed by atoms with Gasteiger partial charge in [0, 0.05) is 55.3 Å². The third kappa shape index (κ3) is 8.20. The van der Waals surface area contributed by atoms with Crippen LogP contribution >= 0.6 is 11.6 Å². The van der Waals surface area contributed by atoms with Crippen LogP contribution in [0.2, 0.25) is 5.02 Å². The molecule has 2 aromatic carbocycles. The summed E-state index contributed by atoms with van der Waals surface area (Å²) in [5, 5.41) is 6.37. The van der Waals surface area contributed by atoms with Crippen molar-refractivity contribution >= 4 is 58.2 Å². The number of anilines is 6. The van der Waals surface area contributed by atoms with E-state index in [1.54, 1.807) is 46.5 Å². The van der Waals surface area contributed by atoms with Gasteiger partial charge in [0.05, 0.1) is 57.6 Å². The number of carbonyl (C=O) groups excluding carboxylic acids is 2. The summed E-state index contributed by atoms with van der Waals surface area (Å²) in [5.41, 5.74) is 3.44. The van der Waals surface area contributed by atoms with Gasteiger partial charge in [0.25, 0.3) is 0 Å². The first-order valence-corrected chi connectivity index (χ1v) is 17.2. The van der Waals surface area contributed by atoms with Gasteiger partial charge in [-0.05, 0) is 50.8 Å². The predicted molar refractivity (Wildman–Crippen MR) is 202 cm³/mol. The van der Waals surface area contributed by atoms with E-state index in [1.165, 1.54) is 20.3 Å². The zero-order chi connectivity index (χ0) is 36.8. The van der Waals surface area contributed by atoms with E-state index in [1.807, 2.05) is 56.3 Å². The molecule has 272 valence electrons. The molecule has 0 saturated carbocycles. The topological polar surface area (TPSA) is 138 Å². The number of urea groups is 1. The molecular weight excluding hydrogens is 686 g/mol. The number of nitrogens with zero attached hydrogens (tertiary/aromatic N) is 7. The maximum Gasteiger partial charge on any atom is 0.331 e. The molecule has 0 aliphatic carbocycles. The van der Waals surface area contributed by atoms with Crippen LogP contribution in [0.4, 0.5) is 39.4 Å². The van der Waals surface area contributed by atoms with Crippen LogP contribution in [0.15, 0.2) is 73.1 Å². The minimum Gasteiger partial charge on any atom is -0.497 e. The number of methoxy groups -OCH3 is 2. The van der Waals surface area contributed by atoms with Gasteiger partial charge in [-0.2, -0.15) is 4.98 Å². The summed E-state index contributed by atoms with van der Waals surface area (Å²) in [6.07, 6.45) is 6.78. The molecule has 2 aromatic heterocycles. The summed E-state index contributed by atoms with van der Waals surface area (Å²) in [6.45, 7) is 5.64. The fraction of sp³-hybridized carbons (Fsp3) is 0.324. The van der Waals surface area contributed by atoms with Gasteiger partial charge in [0.2, 0.25) is 11.9 Å². The normalized spacial score (nSPS) is 15.1. The molecule has 1 unspecified atom stereocenters.